The van der Waals surface area contributed by atoms with Crippen molar-refractivity contribution in [2.24, 2.45) is 0 Å². The van der Waals surface area contributed by atoms with Crippen LogP contribution in [0.3, 0.4) is 0 Å². The first-order valence-electron chi connectivity index (χ1n) is 10.2. The topological polar surface area (TPSA) is 6.48 Å². The lowest BCUT2D eigenvalue weighted by molar-refractivity contribution is 0.0839. The summed E-state index contributed by atoms with van der Waals surface area (Å²) in [5.41, 5.74) is 3.39. The zero-order valence-electron chi connectivity index (χ0n) is 16.6. The van der Waals surface area contributed by atoms with E-state index in [1.54, 1.807) is 0 Å². The van der Waals surface area contributed by atoms with Gasteiger partial charge in [0.1, 0.15) is 11.6 Å². The Morgan fingerprint density at radius 1 is 0.586 bits per heavy atom. The molecular weight excluding hydrogens is 366 g/mol. The van der Waals surface area contributed by atoms with Gasteiger partial charge in [-0.05, 0) is 47.9 Å². The van der Waals surface area contributed by atoms with E-state index >= 15 is 0 Å². The second kappa shape index (κ2) is 8.85. The maximum absolute atomic E-state index is 13.5. The molecule has 1 aliphatic rings. The molecule has 0 radical (unpaired) electrons. The Labute approximate surface area is 171 Å². The summed E-state index contributed by atoms with van der Waals surface area (Å²) in [6.45, 7) is 5.96. The highest BCUT2D eigenvalue weighted by Gasteiger charge is 2.28. The van der Waals surface area contributed by atoms with Gasteiger partial charge in [-0.2, -0.15) is 0 Å². The fourth-order valence-corrected chi connectivity index (χ4v) is 4.23. The highest BCUT2D eigenvalue weighted by Crippen LogP contribution is 2.31. The molecule has 0 aliphatic carbocycles. The minimum Gasteiger partial charge on any atom is -0.294 e. The maximum atomic E-state index is 13.5. The summed E-state index contributed by atoms with van der Waals surface area (Å²) < 4.78 is 27.0. The SMILES string of the molecule is CC(c1ccccc1)N1CCN(C(c2ccc(F)cc2)c2ccc(F)cc2)CC1. The van der Waals surface area contributed by atoms with Crippen molar-refractivity contribution in [1.82, 2.24) is 9.80 Å². The van der Waals surface area contributed by atoms with Crippen molar-refractivity contribution in [2.75, 3.05) is 26.2 Å². The lowest BCUT2D eigenvalue weighted by Gasteiger charge is -2.42. The molecule has 0 saturated carbocycles. The Bertz CT molecular complexity index is 856. The number of benzene rings is 3. The standard InChI is InChI=1S/C25H26F2N2/c1-19(20-5-3-2-4-6-20)28-15-17-29(18-16-28)25(21-7-11-23(26)12-8-21)22-9-13-24(27)14-10-22/h2-14,19,25H,15-18H2,1H3. The molecule has 0 bridgehead atoms. The highest BCUT2D eigenvalue weighted by molar-refractivity contribution is 5.32. The molecule has 1 unspecified atom stereocenters. The van der Waals surface area contributed by atoms with Crippen LogP contribution in [0.25, 0.3) is 0 Å². The number of nitrogens with zero attached hydrogens (tertiary/aromatic N) is 2. The Morgan fingerprint density at radius 3 is 1.52 bits per heavy atom. The van der Waals surface area contributed by atoms with Gasteiger partial charge in [-0.25, -0.2) is 8.78 Å². The van der Waals surface area contributed by atoms with E-state index in [4.69, 9.17) is 0 Å². The van der Waals surface area contributed by atoms with Crippen LogP contribution in [0.4, 0.5) is 8.78 Å². The monoisotopic (exact) mass is 392 g/mol. The number of piperazine rings is 1. The molecule has 0 spiro atoms. The van der Waals surface area contributed by atoms with Crippen molar-refractivity contribution in [1.29, 1.82) is 0 Å². The van der Waals surface area contributed by atoms with Gasteiger partial charge in [0.05, 0.1) is 6.04 Å². The molecule has 150 valence electrons. The molecule has 1 fully saturated rings. The first kappa shape index (κ1) is 19.7. The normalized spacial score (nSPS) is 16.8. The average Bonchev–Trinajstić information content (AvgIpc) is 2.77. The predicted octanol–water partition coefficient (Wildman–Crippen LogP) is 5.43. The molecule has 0 N–H and O–H groups in total. The fraction of sp³-hybridized carbons (Fsp3) is 0.280. The molecule has 3 aromatic carbocycles. The third-order valence-electron chi connectivity index (χ3n) is 5.92. The predicted molar refractivity (Wildman–Crippen MR) is 113 cm³/mol. The maximum Gasteiger partial charge on any atom is 0.123 e. The summed E-state index contributed by atoms with van der Waals surface area (Å²) in [6, 6.07) is 24.3. The van der Waals surface area contributed by atoms with Gasteiger partial charge in [-0.15, -0.1) is 0 Å². The van der Waals surface area contributed by atoms with Crippen LogP contribution < -0.4 is 0 Å². The van der Waals surface area contributed by atoms with E-state index in [0.717, 1.165) is 37.3 Å². The second-order valence-electron chi connectivity index (χ2n) is 7.66. The van der Waals surface area contributed by atoms with Crippen LogP contribution in [0.5, 0.6) is 0 Å². The van der Waals surface area contributed by atoms with Gasteiger partial charge >= 0.3 is 0 Å². The molecule has 0 aromatic heterocycles. The van der Waals surface area contributed by atoms with Crippen LogP contribution >= 0.6 is 0 Å². The van der Waals surface area contributed by atoms with Gasteiger partial charge in [0.2, 0.25) is 0 Å². The Hall–Kier alpha value is -2.56. The van der Waals surface area contributed by atoms with Crippen molar-refractivity contribution in [2.45, 2.75) is 19.0 Å². The average molecular weight is 392 g/mol. The minimum atomic E-state index is -0.242. The second-order valence-corrected chi connectivity index (χ2v) is 7.66. The minimum absolute atomic E-state index is 0.00891. The Balaban J connectivity index is 1.53. The van der Waals surface area contributed by atoms with Crippen LogP contribution in [0, 0.1) is 11.6 Å². The van der Waals surface area contributed by atoms with Crippen molar-refractivity contribution >= 4 is 0 Å². The van der Waals surface area contributed by atoms with E-state index in [1.807, 2.05) is 30.3 Å². The number of rotatable bonds is 5. The smallest absolute Gasteiger partial charge is 0.123 e. The third-order valence-corrected chi connectivity index (χ3v) is 5.92. The molecule has 3 aromatic rings. The van der Waals surface area contributed by atoms with E-state index in [-0.39, 0.29) is 17.7 Å². The molecule has 1 heterocycles. The van der Waals surface area contributed by atoms with Gasteiger partial charge in [-0.1, -0.05) is 54.6 Å². The lowest BCUT2D eigenvalue weighted by atomic mass is 9.96. The molecule has 0 amide bonds. The van der Waals surface area contributed by atoms with Crippen LogP contribution in [-0.4, -0.2) is 36.0 Å². The van der Waals surface area contributed by atoms with Crippen LogP contribution in [0.2, 0.25) is 0 Å². The van der Waals surface area contributed by atoms with Gasteiger partial charge in [0.25, 0.3) is 0 Å². The zero-order chi connectivity index (χ0) is 20.2. The molecule has 4 rings (SSSR count). The largest absolute Gasteiger partial charge is 0.294 e. The molecular formula is C25H26F2N2. The molecule has 4 heteroatoms. The van der Waals surface area contributed by atoms with Gasteiger partial charge in [0, 0.05) is 32.2 Å². The molecule has 2 nitrogen and oxygen atoms in total. The lowest BCUT2D eigenvalue weighted by Crippen LogP contribution is -2.48. The van der Waals surface area contributed by atoms with E-state index < -0.39 is 0 Å². The summed E-state index contributed by atoms with van der Waals surface area (Å²) >= 11 is 0. The number of hydrogen-bond acceptors (Lipinski definition) is 2. The number of hydrogen-bond donors (Lipinski definition) is 0. The van der Waals surface area contributed by atoms with Gasteiger partial charge < -0.3 is 0 Å². The van der Waals surface area contributed by atoms with Crippen LogP contribution in [0.15, 0.2) is 78.9 Å². The summed E-state index contributed by atoms with van der Waals surface area (Å²) in [7, 11) is 0. The van der Waals surface area contributed by atoms with Crippen molar-refractivity contribution in [3.8, 4) is 0 Å². The fourth-order valence-electron chi connectivity index (χ4n) is 4.23. The Kier molecular flexibility index (Phi) is 6.02. The molecule has 1 atom stereocenters. The first-order valence-corrected chi connectivity index (χ1v) is 10.2. The van der Waals surface area contributed by atoms with E-state index in [1.165, 1.54) is 29.8 Å². The van der Waals surface area contributed by atoms with Crippen molar-refractivity contribution in [3.05, 3.63) is 107 Å². The van der Waals surface area contributed by atoms with Gasteiger partial charge in [-0.3, -0.25) is 9.80 Å². The molecule has 29 heavy (non-hydrogen) atoms. The molecule has 1 saturated heterocycles. The van der Waals surface area contributed by atoms with Crippen molar-refractivity contribution < 1.29 is 8.78 Å². The van der Waals surface area contributed by atoms with Crippen LogP contribution in [0.1, 0.15) is 35.7 Å². The molecule has 1 aliphatic heterocycles. The Morgan fingerprint density at radius 2 is 1.03 bits per heavy atom. The van der Waals surface area contributed by atoms with Crippen molar-refractivity contribution in [3.63, 3.8) is 0 Å². The first-order chi connectivity index (χ1) is 14.1. The number of halogens is 2. The third kappa shape index (κ3) is 4.55. The van der Waals surface area contributed by atoms with Gasteiger partial charge in [0.15, 0.2) is 0 Å². The van der Waals surface area contributed by atoms with Crippen LogP contribution in [-0.2, 0) is 0 Å². The summed E-state index contributed by atoms with van der Waals surface area (Å²) in [4.78, 5) is 4.91. The summed E-state index contributed by atoms with van der Waals surface area (Å²) in [6.07, 6.45) is 0. The summed E-state index contributed by atoms with van der Waals surface area (Å²) in [5, 5.41) is 0. The van der Waals surface area contributed by atoms with E-state index in [0.29, 0.717) is 6.04 Å². The zero-order valence-corrected chi connectivity index (χ0v) is 16.6. The highest BCUT2D eigenvalue weighted by atomic mass is 19.1. The summed E-state index contributed by atoms with van der Waals surface area (Å²) in [5.74, 6) is -0.485. The van der Waals surface area contributed by atoms with E-state index in [9.17, 15) is 8.78 Å². The quantitative estimate of drug-likeness (QED) is 0.571. The van der Waals surface area contributed by atoms with E-state index in [2.05, 4.69) is 41.0 Å².